The number of aromatic nitrogens is 5. The molecule has 2 saturated heterocycles. The Morgan fingerprint density at radius 1 is 1.29 bits per heavy atom. The topological polar surface area (TPSA) is 116 Å². The molecule has 3 aromatic rings. The SMILES string of the molecule is Cn1cc(NC(=O)c2ccc3cnc(N4CC5CCC(C4)N5)nn23)c(C#N)n1. The molecule has 2 aliphatic heterocycles. The number of rotatable bonds is 3. The van der Waals surface area contributed by atoms with E-state index in [9.17, 15) is 4.79 Å². The average Bonchev–Trinajstić information content (AvgIpc) is 3.37. The second kappa shape index (κ2) is 6.31. The van der Waals surface area contributed by atoms with Gasteiger partial charge in [0.25, 0.3) is 5.91 Å². The van der Waals surface area contributed by atoms with Gasteiger partial charge in [0.15, 0.2) is 5.69 Å². The number of carbonyl (C=O) groups is 1. The number of piperazine rings is 1. The van der Waals surface area contributed by atoms with Crippen LogP contribution < -0.4 is 15.5 Å². The number of fused-ring (bicyclic) bond motifs is 3. The molecular weight excluding hydrogens is 358 g/mol. The fourth-order valence-corrected chi connectivity index (χ4v) is 4.02. The van der Waals surface area contributed by atoms with Gasteiger partial charge in [-0.05, 0) is 25.0 Å². The van der Waals surface area contributed by atoms with Crippen molar-refractivity contribution in [2.45, 2.75) is 24.9 Å². The zero-order valence-electron chi connectivity index (χ0n) is 15.3. The van der Waals surface area contributed by atoms with Crippen molar-refractivity contribution in [3.05, 3.63) is 35.9 Å². The summed E-state index contributed by atoms with van der Waals surface area (Å²) in [5.41, 5.74) is 1.66. The third kappa shape index (κ3) is 2.76. The molecule has 2 fully saturated rings. The van der Waals surface area contributed by atoms with Gasteiger partial charge in [0.2, 0.25) is 5.95 Å². The molecule has 0 radical (unpaired) electrons. The van der Waals surface area contributed by atoms with Crippen LogP contribution in [0.2, 0.25) is 0 Å². The third-order valence-electron chi connectivity index (χ3n) is 5.30. The van der Waals surface area contributed by atoms with Gasteiger partial charge >= 0.3 is 0 Å². The number of nitriles is 1. The van der Waals surface area contributed by atoms with Crippen molar-refractivity contribution in [1.29, 1.82) is 5.26 Å². The predicted octanol–water partition coefficient (Wildman–Crippen LogP) is 0.527. The Balaban J connectivity index is 1.45. The number of aryl methyl sites for hydroxylation is 1. The van der Waals surface area contributed by atoms with Gasteiger partial charge < -0.3 is 15.5 Å². The lowest BCUT2D eigenvalue weighted by atomic mass is 10.2. The van der Waals surface area contributed by atoms with E-state index in [1.165, 1.54) is 17.5 Å². The average molecular weight is 377 g/mol. The molecule has 2 N–H and O–H groups in total. The highest BCUT2D eigenvalue weighted by Gasteiger charge is 2.33. The van der Waals surface area contributed by atoms with Gasteiger partial charge in [0, 0.05) is 38.4 Å². The zero-order valence-corrected chi connectivity index (χ0v) is 15.3. The number of hydrogen-bond donors (Lipinski definition) is 2. The van der Waals surface area contributed by atoms with Gasteiger partial charge in [-0.1, -0.05) is 0 Å². The Kier molecular flexibility index (Phi) is 3.77. The highest BCUT2D eigenvalue weighted by atomic mass is 16.2. The maximum atomic E-state index is 12.8. The van der Waals surface area contributed by atoms with E-state index < -0.39 is 0 Å². The van der Waals surface area contributed by atoms with E-state index in [1.54, 1.807) is 36.1 Å². The fraction of sp³-hybridized carbons (Fsp3) is 0.389. The summed E-state index contributed by atoms with van der Waals surface area (Å²) in [6.45, 7) is 1.73. The van der Waals surface area contributed by atoms with Crippen LogP contribution in [-0.4, -0.2) is 55.5 Å². The molecule has 0 aromatic carbocycles. The van der Waals surface area contributed by atoms with E-state index in [4.69, 9.17) is 5.26 Å². The summed E-state index contributed by atoms with van der Waals surface area (Å²) in [6.07, 6.45) is 5.68. The molecule has 3 aromatic heterocycles. The number of nitrogens with one attached hydrogen (secondary N) is 2. The van der Waals surface area contributed by atoms with Crippen LogP contribution in [0, 0.1) is 11.3 Å². The van der Waals surface area contributed by atoms with Crippen LogP contribution in [0.1, 0.15) is 29.0 Å². The first-order valence-corrected chi connectivity index (χ1v) is 9.21. The monoisotopic (exact) mass is 377 g/mol. The van der Waals surface area contributed by atoms with E-state index in [2.05, 4.69) is 30.7 Å². The smallest absolute Gasteiger partial charge is 0.274 e. The van der Waals surface area contributed by atoms with Crippen LogP contribution in [0.25, 0.3) is 5.52 Å². The molecule has 10 heteroatoms. The lowest BCUT2D eigenvalue weighted by Gasteiger charge is -2.32. The summed E-state index contributed by atoms with van der Waals surface area (Å²) in [6, 6.07) is 6.43. The summed E-state index contributed by atoms with van der Waals surface area (Å²) in [4.78, 5) is 19.5. The van der Waals surface area contributed by atoms with Gasteiger partial charge in [-0.25, -0.2) is 9.50 Å². The molecule has 142 valence electrons. The van der Waals surface area contributed by atoms with Crippen LogP contribution in [-0.2, 0) is 7.05 Å². The van der Waals surface area contributed by atoms with Crippen molar-refractivity contribution >= 4 is 23.1 Å². The largest absolute Gasteiger partial charge is 0.336 e. The van der Waals surface area contributed by atoms with Crippen LogP contribution >= 0.6 is 0 Å². The molecule has 10 nitrogen and oxygen atoms in total. The van der Waals surface area contributed by atoms with Crippen LogP contribution in [0.5, 0.6) is 0 Å². The molecule has 1 amide bonds. The number of amides is 1. The summed E-state index contributed by atoms with van der Waals surface area (Å²) >= 11 is 0. The standard InChI is InChI=1S/C18H19N9O/c1-25-10-15(14(6-19)23-25)22-17(28)16-5-4-13-7-20-18(24-27(13)16)26-8-11-2-3-12(9-26)21-11/h4-5,7,10-12,21H,2-3,8-9H2,1H3,(H,22,28). The quantitative estimate of drug-likeness (QED) is 0.684. The number of hydrogen-bond acceptors (Lipinski definition) is 7. The maximum Gasteiger partial charge on any atom is 0.274 e. The molecule has 5 heterocycles. The van der Waals surface area contributed by atoms with E-state index in [0.717, 1.165) is 18.6 Å². The Morgan fingerprint density at radius 2 is 2.07 bits per heavy atom. The molecule has 28 heavy (non-hydrogen) atoms. The summed E-state index contributed by atoms with van der Waals surface area (Å²) in [7, 11) is 1.70. The minimum Gasteiger partial charge on any atom is -0.336 e. The Bertz CT molecular complexity index is 1100. The van der Waals surface area contributed by atoms with Gasteiger partial charge in [-0.3, -0.25) is 9.48 Å². The van der Waals surface area contributed by atoms with Crippen molar-refractivity contribution in [3.63, 3.8) is 0 Å². The van der Waals surface area contributed by atoms with E-state index in [0.29, 0.717) is 29.4 Å². The van der Waals surface area contributed by atoms with Crippen molar-refractivity contribution in [3.8, 4) is 6.07 Å². The van der Waals surface area contributed by atoms with Crippen molar-refractivity contribution in [2.75, 3.05) is 23.3 Å². The summed E-state index contributed by atoms with van der Waals surface area (Å²) in [5.74, 6) is 0.268. The minimum atomic E-state index is -0.352. The lowest BCUT2D eigenvalue weighted by Crippen LogP contribution is -2.51. The maximum absolute atomic E-state index is 12.8. The molecule has 0 aliphatic carbocycles. The highest BCUT2D eigenvalue weighted by molar-refractivity contribution is 6.04. The highest BCUT2D eigenvalue weighted by Crippen LogP contribution is 2.23. The fourth-order valence-electron chi connectivity index (χ4n) is 4.02. The molecule has 2 atom stereocenters. The minimum absolute atomic E-state index is 0.170. The van der Waals surface area contributed by atoms with Crippen molar-refractivity contribution in [1.82, 2.24) is 29.7 Å². The number of carbonyl (C=O) groups excluding carboxylic acids is 1. The van der Waals surface area contributed by atoms with Crippen LogP contribution in [0.4, 0.5) is 11.6 Å². The van der Waals surface area contributed by atoms with E-state index in [-0.39, 0.29) is 11.6 Å². The molecule has 2 unspecified atom stereocenters. The van der Waals surface area contributed by atoms with Gasteiger partial charge in [0.1, 0.15) is 11.8 Å². The lowest BCUT2D eigenvalue weighted by molar-refractivity contribution is 0.102. The second-order valence-corrected chi connectivity index (χ2v) is 7.29. The van der Waals surface area contributed by atoms with Crippen molar-refractivity contribution in [2.24, 2.45) is 7.05 Å². The van der Waals surface area contributed by atoms with Gasteiger partial charge in [-0.15, -0.1) is 5.10 Å². The normalized spacial score (nSPS) is 21.1. The molecule has 2 aliphatic rings. The zero-order chi connectivity index (χ0) is 19.3. The first-order chi connectivity index (χ1) is 13.6. The van der Waals surface area contributed by atoms with Crippen LogP contribution in [0.15, 0.2) is 24.5 Å². The van der Waals surface area contributed by atoms with E-state index in [1.807, 2.05) is 6.07 Å². The van der Waals surface area contributed by atoms with E-state index >= 15 is 0 Å². The first-order valence-electron chi connectivity index (χ1n) is 9.21. The van der Waals surface area contributed by atoms with Crippen molar-refractivity contribution < 1.29 is 4.79 Å². The summed E-state index contributed by atoms with van der Waals surface area (Å²) < 4.78 is 3.09. The number of anilines is 2. The van der Waals surface area contributed by atoms with Gasteiger partial charge in [0.05, 0.1) is 17.4 Å². The number of nitrogens with zero attached hydrogens (tertiary/aromatic N) is 7. The third-order valence-corrected chi connectivity index (χ3v) is 5.30. The molecule has 0 spiro atoms. The first kappa shape index (κ1) is 16.7. The molecule has 5 rings (SSSR count). The molecule has 2 bridgehead atoms. The second-order valence-electron chi connectivity index (χ2n) is 7.29. The molecular formula is C18H19N9O. The Hall–Kier alpha value is -3.45. The van der Waals surface area contributed by atoms with Crippen LogP contribution in [0.3, 0.4) is 0 Å². The Labute approximate surface area is 160 Å². The van der Waals surface area contributed by atoms with Gasteiger partial charge in [-0.2, -0.15) is 10.4 Å². The Morgan fingerprint density at radius 3 is 2.82 bits per heavy atom. The predicted molar refractivity (Wildman–Crippen MR) is 101 cm³/mol. The molecule has 0 saturated carbocycles. The summed E-state index contributed by atoms with van der Waals surface area (Å²) in [5, 5.41) is 24.1.